The molecule has 0 saturated carbocycles. The van der Waals surface area contributed by atoms with Crippen LogP contribution in [0, 0.1) is 0 Å². The van der Waals surface area contributed by atoms with Crippen LogP contribution < -0.4 is 4.74 Å². The molecule has 0 unspecified atom stereocenters. The van der Waals surface area contributed by atoms with Crippen molar-refractivity contribution in [3.63, 3.8) is 0 Å². The molecule has 4 heteroatoms. The maximum atomic E-state index is 11.6. The van der Waals surface area contributed by atoms with Gasteiger partial charge in [-0.05, 0) is 47.4 Å². The van der Waals surface area contributed by atoms with E-state index < -0.39 is 0 Å². The van der Waals surface area contributed by atoms with Crippen LogP contribution in [0.25, 0.3) is 11.1 Å². The van der Waals surface area contributed by atoms with Gasteiger partial charge in [-0.2, -0.15) is 0 Å². The minimum atomic E-state index is -0.360. The first-order valence-electron chi connectivity index (χ1n) is 6.66. The van der Waals surface area contributed by atoms with Crippen molar-refractivity contribution in [2.45, 2.75) is 6.42 Å². The van der Waals surface area contributed by atoms with Crippen LogP contribution in [0.4, 0.5) is 0 Å². The predicted molar refractivity (Wildman–Crippen MR) is 80.6 cm³/mol. The van der Waals surface area contributed by atoms with Gasteiger partial charge in [0.05, 0.1) is 19.8 Å². The summed E-state index contributed by atoms with van der Waals surface area (Å²) < 4.78 is 10.0. The summed E-state index contributed by atoms with van der Waals surface area (Å²) in [6.45, 7) is 0.0576. The zero-order chi connectivity index (χ0) is 15.2. The highest BCUT2D eigenvalue weighted by Crippen LogP contribution is 2.27. The normalized spacial score (nSPS) is 10.2. The van der Waals surface area contributed by atoms with Crippen molar-refractivity contribution in [3.8, 4) is 16.9 Å². The summed E-state index contributed by atoms with van der Waals surface area (Å²) in [6, 6.07) is 13.0. The number of carbonyl (C=O) groups is 1. The lowest BCUT2D eigenvalue weighted by molar-refractivity contribution is 0.0601. The zero-order valence-electron chi connectivity index (χ0n) is 12.1. The van der Waals surface area contributed by atoms with E-state index >= 15 is 0 Å². The summed E-state index contributed by atoms with van der Waals surface area (Å²) in [5, 5.41) is 9.13. The lowest BCUT2D eigenvalue weighted by atomic mass is 9.99. The quantitative estimate of drug-likeness (QED) is 0.859. The molecule has 0 fully saturated rings. The van der Waals surface area contributed by atoms with E-state index in [9.17, 15) is 4.79 Å². The van der Waals surface area contributed by atoms with Crippen molar-refractivity contribution in [1.29, 1.82) is 0 Å². The van der Waals surface area contributed by atoms with Gasteiger partial charge in [-0.25, -0.2) is 4.79 Å². The minimum Gasteiger partial charge on any atom is -0.496 e. The molecule has 21 heavy (non-hydrogen) atoms. The van der Waals surface area contributed by atoms with Crippen LogP contribution in [0.2, 0.25) is 0 Å². The lowest BCUT2D eigenvalue weighted by Crippen LogP contribution is -2.01. The molecule has 0 aromatic heterocycles. The zero-order valence-corrected chi connectivity index (χ0v) is 12.1. The number of carbonyl (C=O) groups excluding carboxylic acids is 1. The van der Waals surface area contributed by atoms with Crippen LogP contribution in [-0.4, -0.2) is 31.9 Å². The van der Waals surface area contributed by atoms with Gasteiger partial charge in [0.2, 0.25) is 0 Å². The molecular formula is C17H18O4. The molecule has 0 bridgehead atoms. The van der Waals surface area contributed by atoms with Crippen LogP contribution >= 0.6 is 0 Å². The number of ether oxygens (including phenoxy) is 2. The van der Waals surface area contributed by atoms with Crippen LogP contribution in [0.3, 0.4) is 0 Å². The van der Waals surface area contributed by atoms with Gasteiger partial charge in [0.25, 0.3) is 0 Å². The number of aliphatic hydroxyl groups excluding tert-OH is 1. The molecule has 2 aromatic rings. The standard InChI is InChI=1S/C17H18O4/c1-20-16-7-6-13(10-14(16)8-9-18)12-4-3-5-15(11-12)17(19)21-2/h3-7,10-11,18H,8-9H2,1-2H3. The number of hydrogen-bond donors (Lipinski definition) is 1. The molecule has 0 radical (unpaired) electrons. The molecule has 4 nitrogen and oxygen atoms in total. The number of methoxy groups -OCH3 is 2. The van der Waals surface area contributed by atoms with E-state index in [1.807, 2.05) is 30.3 Å². The van der Waals surface area contributed by atoms with Gasteiger partial charge >= 0.3 is 5.97 Å². The van der Waals surface area contributed by atoms with Crippen molar-refractivity contribution >= 4 is 5.97 Å². The number of esters is 1. The van der Waals surface area contributed by atoms with Crippen LogP contribution in [0.15, 0.2) is 42.5 Å². The van der Waals surface area contributed by atoms with Crippen molar-refractivity contribution in [2.75, 3.05) is 20.8 Å². The highest BCUT2D eigenvalue weighted by atomic mass is 16.5. The molecule has 1 N–H and O–H groups in total. The van der Waals surface area contributed by atoms with Gasteiger partial charge in [0.1, 0.15) is 5.75 Å². The van der Waals surface area contributed by atoms with E-state index in [0.29, 0.717) is 12.0 Å². The van der Waals surface area contributed by atoms with E-state index in [4.69, 9.17) is 14.6 Å². The first-order valence-corrected chi connectivity index (χ1v) is 6.66. The van der Waals surface area contributed by atoms with Crippen molar-refractivity contribution in [1.82, 2.24) is 0 Å². The smallest absolute Gasteiger partial charge is 0.337 e. The average molecular weight is 286 g/mol. The Hall–Kier alpha value is -2.33. The molecule has 0 aliphatic carbocycles. The van der Waals surface area contributed by atoms with Gasteiger partial charge in [-0.3, -0.25) is 0 Å². The van der Waals surface area contributed by atoms with Crippen LogP contribution in [-0.2, 0) is 11.2 Å². The maximum absolute atomic E-state index is 11.6. The van der Waals surface area contributed by atoms with E-state index in [1.54, 1.807) is 19.2 Å². The highest BCUT2D eigenvalue weighted by Gasteiger charge is 2.09. The molecule has 0 atom stereocenters. The number of hydrogen-bond acceptors (Lipinski definition) is 4. The fourth-order valence-electron chi connectivity index (χ4n) is 2.22. The summed E-state index contributed by atoms with van der Waals surface area (Å²) in [6.07, 6.45) is 0.522. The molecule has 0 spiro atoms. The van der Waals surface area contributed by atoms with E-state index in [-0.39, 0.29) is 12.6 Å². The van der Waals surface area contributed by atoms with Gasteiger partial charge in [-0.1, -0.05) is 18.2 Å². The number of benzene rings is 2. The Morgan fingerprint density at radius 1 is 1.10 bits per heavy atom. The summed E-state index contributed by atoms with van der Waals surface area (Å²) >= 11 is 0. The Balaban J connectivity index is 2.42. The van der Waals surface area contributed by atoms with Crippen LogP contribution in [0.5, 0.6) is 5.75 Å². The second-order valence-corrected chi connectivity index (χ2v) is 4.57. The topological polar surface area (TPSA) is 55.8 Å². The van der Waals surface area contributed by atoms with E-state index in [0.717, 1.165) is 22.4 Å². The fraction of sp³-hybridized carbons (Fsp3) is 0.235. The van der Waals surface area contributed by atoms with Crippen molar-refractivity contribution < 1.29 is 19.4 Å². The molecular weight excluding hydrogens is 268 g/mol. The maximum Gasteiger partial charge on any atom is 0.337 e. The Morgan fingerprint density at radius 2 is 1.86 bits per heavy atom. The Morgan fingerprint density at radius 3 is 2.52 bits per heavy atom. The predicted octanol–water partition coefficient (Wildman–Crippen LogP) is 2.68. The van der Waals surface area contributed by atoms with Gasteiger partial charge in [0.15, 0.2) is 0 Å². The third kappa shape index (κ3) is 3.41. The third-order valence-corrected chi connectivity index (χ3v) is 3.28. The Labute approximate surface area is 123 Å². The van der Waals surface area contributed by atoms with Crippen LogP contribution in [0.1, 0.15) is 15.9 Å². The molecule has 2 rings (SSSR count). The van der Waals surface area contributed by atoms with Gasteiger partial charge in [0, 0.05) is 6.61 Å². The SMILES string of the molecule is COC(=O)c1cccc(-c2ccc(OC)c(CCO)c2)c1. The highest BCUT2D eigenvalue weighted by molar-refractivity contribution is 5.91. The van der Waals surface area contributed by atoms with E-state index in [2.05, 4.69) is 0 Å². The van der Waals surface area contributed by atoms with Crippen molar-refractivity contribution in [2.24, 2.45) is 0 Å². The summed E-state index contributed by atoms with van der Waals surface area (Å²) in [5.74, 6) is 0.387. The molecule has 0 saturated heterocycles. The summed E-state index contributed by atoms with van der Waals surface area (Å²) in [7, 11) is 2.97. The largest absolute Gasteiger partial charge is 0.496 e. The molecule has 110 valence electrons. The second-order valence-electron chi connectivity index (χ2n) is 4.57. The second kappa shape index (κ2) is 6.90. The fourth-order valence-corrected chi connectivity index (χ4v) is 2.22. The molecule has 0 aliphatic heterocycles. The third-order valence-electron chi connectivity index (χ3n) is 3.28. The van der Waals surface area contributed by atoms with Gasteiger partial charge < -0.3 is 14.6 Å². The molecule has 0 heterocycles. The summed E-state index contributed by atoms with van der Waals surface area (Å²) in [4.78, 5) is 11.6. The molecule has 0 aliphatic rings. The Bertz CT molecular complexity index is 634. The van der Waals surface area contributed by atoms with Crippen molar-refractivity contribution in [3.05, 3.63) is 53.6 Å². The molecule has 0 amide bonds. The van der Waals surface area contributed by atoms with E-state index in [1.165, 1.54) is 7.11 Å². The average Bonchev–Trinajstić information content (AvgIpc) is 2.54. The Kier molecular flexibility index (Phi) is 4.95. The number of aliphatic hydroxyl groups is 1. The first kappa shape index (κ1) is 15.1. The molecule has 2 aromatic carbocycles. The lowest BCUT2D eigenvalue weighted by Gasteiger charge is -2.11. The number of rotatable bonds is 5. The van der Waals surface area contributed by atoms with Gasteiger partial charge in [-0.15, -0.1) is 0 Å². The first-order chi connectivity index (χ1) is 10.2. The monoisotopic (exact) mass is 286 g/mol. The minimum absolute atomic E-state index is 0.0576. The summed E-state index contributed by atoms with van der Waals surface area (Å²) in [5.41, 5.74) is 3.32.